The van der Waals surface area contributed by atoms with Crippen molar-refractivity contribution in [3.8, 4) is 0 Å². The van der Waals surface area contributed by atoms with Crippen LogP contribution in [0.5, 0.6) is 0 Å². The lowest BCUT2D eigenvalue weighted by Gasteiger charge is -2.44. The highest BCUT2D eigenvalue weighted by molar-refractivity contribution is 5.70. The van der Waals surface area contributed by atoms with E-state index < -0.39 is 63.3 Å². The first kappa shape index (κ1) is 2.72. The van der Waals surface area contributed by atoms with Gasteiger partial charge in [0.2, 0.25) is 0 Å². The molecule has 3 heteroatoms. The Balaban J connectivity index is 3.82. The van der Waals surface area contributed by atoms with E-state index >= 15 is 0 Å². The van der Waals surface area contributed by atoms with E-state index in [2.05, 4.69) is 0 Å². The van der Waals surface area contributed by atoms with Crippen LogP contribution >= 0.6 is 0 Å². The molecule has 1 aliphatic heterocycles. The summed E-state index contributed by atoms with van der Waals surface area (Å²) in [5.74, 6) is -3.53. The van der Waals surface area contributed by atoms with Gasteiger partial charge in [-0.1, -0.05) is 0 Å². The number of ether oxygens (including phenoxy) is 1. The molecule has 1 rings (SSSR count). The van der Waals surface area contributed by atoms with Crippen molar-refractivity contribution in [1.82, 2.24) is 0 Å². The van der Waals surface area contributed by atoms with E-state index in [-0.39, 0.29) is 0 Å². The normalized spacial score (nSPS) is 44.6. The standard InChI is InChI=1S/C10H18O3/c1-9(2)5-7(8(11)12)6-10(3,4)13-9/h7H,5-6H2,1-4H3,(H,11,12)/i1D3,2D3,3D3,4D3. The molecule has 0 aliphatic carbocycles. The second-order valence-electron chi connectivity index (χ2n) is 3.20. The van der Waals surface area contributed by atoms with Crippen molar-refractivity contribution in [2.45, 2.75) is 51.5 Å². The minimum Gasteiger partial charge on any atom is -0.481 e. The number of rotatable bonds is 1. The van der Waals surface area contributed by atoms with Crippen LogP contribution in [-0.2, 0) is 9.53 Å². The summed E-state index contributed by atoms with van der Waals surface area (Å²) in [6.07, 6.45) is -2.13. The highest BCUT2D eigenvalue weighted by Crippen LogP contribution is 2.38. The molecule has 3 nitrogen and oxygen atoms in total. The topological polar surface area (TPSA) is 46.5 Å². The maximum Gasteiger partial charge on any atom is 0.306 e. The molecule has 1 N–H and O–H groups in total. The SMILES string of the molecule is [2H]C([2H])([2H])C1(C([2H])([2H])[2H])CC(C(=O)O)CC(C([2H])([2H])[2H])(C([2H])([2H])[2H])O1. The Labute approximate surface area is 95.9 Å². The van der Waals surface area contributed by atoms with Gasteiger partial charge in [0.05, 0.1) is 17.1 Å². The van der Waals surface area contributed by atoms with Crippen LogP contribution in [0.2, 0.25) is 0 Å². The maximum atomic E-state index is 11.4. The van der Waals surface area contributed by atoms with Crippen molar-refractivity contribution < 1.29 is 31.1 Å². The zero-order valence-electron chi connectivity index (χ0n) is 18.8. The van der Waals surface area contributed by atoms with Crippen molar-refractivity contribution in [3.05, 3.63) is 0 Å². The molecule has 0 spiro atoms. The number of carboxylic acids is 1. The molecule has 0 aromatic rings. The van der Waals surface area contributed by atoms with Crippen molar-refractivity contribution in [2.24, 2.45) is 5.92 Å². The predicted octanol–water partition coefficient (Wildman–Crippen LogP) is 2.05. The Bertz CT molecular complexity index is 457. The molecule has 0 radical (unpaired) electrons. The molecule has 0 unspecified atom stereocenters. The smallest absolute Gasteiger partial charge is 0.306 e. The van der Waals surface area contributed by atoms with Crippen LogP contribution in [-0.4, -0.2) is 22.3 Å². The van der Waals surface area contributed by atoms with Gasteiger partial charge in [-0.15, -0.1) is 0 Å². The maximum absolute atomic E-state index is 11.4. The van der Waals surface area contributed by atoms with Gasteiger partial charge < -0.3 is 9.84 Å². The number of aliphatic carboxylic acids is 1. The van der Waals surface area contributed by atoms with E-state index in [4.69, 9.17) is 21.2 Å². The van der Waals surface area contributed by atoms with E-state index in [1.165, 1.54) is 0 Å². The Morgan fingerprint density at radius 1 is 1.38 bits per heavy atom. The third kappa shape index (κ3) is 2.69. The van der Waals surface area contributed by atoms with Gasteiger partial charge >= 0.3 is 5.97 Å². The van der Waals surface area contributed by atoms with Crippen LogP contribution in [0.1, 0.15) is 56.7 Å². The van der Waals surface area contributed by atoms with Crippen molar-refractivity contribution >= 4 is 5.97 Å². The summed E-state index contributed by atoms with van der Waals surface area (Å²) in [5, 5.41) is 9.28. The van der Waals surface area contributed by atoms with Crippen molar-refractivity contribution in [1.29, 1.82) is 0 Å². The molecule has 0 bridgehead atoms. The van der Waals surface area contributed by atoms with Crippen LogP contribution in [0.3, 0.4) is 0 Å². The van der Waals surface area contributed by atoms with Gasteiger partial charge in [0.1, 0.15) is 0 Å². The Kier molecular flexibility index (Phi) is 0.624. The summed E-state index contributed by atoms with van der Waals surface area (Å²) in [6.45, 7) is -14.0. The zero-order valence-corrected chi connectivity index (χ0v) is 6.76. The molecule has 0 saturated carbocycles. The molecule has 1 heterocycles. The lowest BCUT2D eigenvalue weighted by molar-refractivity contribution is -0.185. The number of carbonyl (C=O) groups is 1. The first-order chi connectivity index (χ1) is 10.7. The molecule has 1 fully saturated rings. The van der Waals surface area contributed by atoms with E-state index in [9.17, 15) is 9.90 Å². The molecular weight excluding hydrogens is 168 g/mol. The van der Waals surface area contributed by atoms with E-state index in [1.807, 2.05) is 0 Å². The number of carboxylic acid groups (broad SMARTS) is 1. The molecule has 1 aliphatic rings. The molecule has 0 aromatic carbocycles. The summed E-state index contributed by atoms with van der Waals surface area (Å²) in [4.78, 5) is 11.4. The van der Waals surface area contributed by atoms with Gasteiger partial charge in [0.15, 0.2) is 0 Å². The Morgan fingerprint density at radius 3 is 2.15 bits per heavy atom. The fraction of sp³-hybridized carbons (Fsp3) is 0.900. The van der Waals surface area contributed by atoms with Crippen LogP contribution < -0.4 is 0 Å². The molecule has 13 heavy (non-hydrogen) atoms. The van der Waals surface area contributed by atoms with Crippen LogP contribution in [0.15, 0.2) is 0 Å². The quantitative estimate of drug-likeness (QED) is 0.701. The van der Waals surface area contributed by atoms with Crippen LogP contribution in [0, 0.1) is 5.92 Å². The second-order valence-corrected chi connectivity index (χ2v) is 3.20. The fourth-order valence-electron chi connectivity index (χ4n) is 1.32. The summed E-state index contributed by atoms with van der Waals surface area (Å²) in [6, 6.07) is 0. The average molecular weight is 198 g/mol. The van der Waals surface area contributed by atoms with Gasteiger partial charge in [0.25, 0.3) is 0 Å². The van der Waals surface area contributed by atoms with E-state index in [1.54, 1.807) is 0 Å². The highest BCUT2D eigenvalue weighted by atomic mass is 16.5. The second kappa shape index (κ2) is 2.98. The highest BCUT2D eigenvalue weighted by Gasteiger charge is 2.41. The third-order valence-corrected chi connectivity index (χ3v) is 1.77. The molecule has 1 saturated heterocycles. The summed E-state index contributed by atoms with van der Waals surface area (Å²) >= 11 is 0. The van der Waals surface area contributed by atoms with Crippen LogP contribution in [0.25, 0.3) is 0 Å². The van der Waals surface area contributed by atoms with Gasteiger partial charge in [0, 0.05) is 16.4 Å². The molecule has 76 valence electrons. The molecule has 0 aromatic heterocycles. The first-order valence-corrected chi connectivity index (χ1v) is 3.65. The predicted molar refractivity (Wildman–Crippen MR) is 49.6 cm³/mol. The van der Waals surface area contributed by atoms with Gasteiger partial charge in [-0.2, -0.15) is 0 Å². The zero-order chi connectivity index (χ0) is 20.3. The molecule has 0 atom stereocenters. The minimum absolute atomic E-state index is 1.07. The largest absolute Gasteiger partial charge is 0.481 e. The Morgan fingerprint density at radius 2 is 1.85 bits per heavy atom. The molecule has 0 amide bonds. The minimum atomic E-state index is -3.49. The monoisotopic (exact) mass is 198 g/mol. The van der Waals surface area contributed by atoms with Crippen molar-refractivity contribution in [2.75, 3.05) is 0 Å². The van der Waals surface area contributed by atoms with Gasteiger partial charge in [-0.05, 0) is 40.2 Å². The Hall–Kier alpha value is -0.570. The van der Waals surface area contributed by atoms with E-state index in [0.29, 0.717) is 0 Å². The van der Waals surface area contributed by atoms with Crippen LogP contribution in [0.4, 0.5) is 0 Å². The summed E-state index contributed by atoms with van der Waals surface area (Å²) in [5.41, 5.74) is -6.49. The van der Waals surface area contributed by atoms with Gasteiger partial charge in [-0.3, -0.25) is 4.79 Å². The first-order valence-electron chi connectivity index (χ1n) is 9.65. The fourth-order valence-corrected chi connectivity index (χ4v) is 1.32. The number of hydrogen-bond acceptors (Lipinski definition) is 2. The lowest BCUT2D eigenvalue weighted by Crippen LogP contribution is -2.47. The molecular formula is C10H18O3. The third-order valence-electron chi connectivity index (χ3n) is 1.77. The van der Waals surface area contributed by atoms with Crippen molar-refractivity contribution in [3.63, 3.8) is 0 Å². The average Bonchev–Trinajstić information content (AvgIpc) is 2.32. The lowest BCUT2D eigenvalue weighted by atomic mass is 9.81. The summed E-state index contributed by atoms with van der Waals surface area (Å²) in [7, 11) is 0. The number of hydrogen-bond donors (Lipinski definition) is 1. The van der Waals surface area contributed by atoms with E-state index in [0.717, 1.165) is 0 Å². The van der Waals surface area contributed by atoms with Gasteiger partial charge in [-0.25, -0.2) is 0 Å². The summed E-state index contributed by atoms with van der Waals surface area (Å²) < 4.78 is 95.4.